The van der Waals surface area contributed by atoms with Crippen LogP contribution in [0.5, 0.6) is 0 Å². The summed E-state index contributed by atoms with van der Waals surface area (Å²) in [6.45, 7) is 8.47. The van der Waals surface area contributed by atoms with Crippen molar-refractivity contribution in [1.29, 1.82) is 0 Å². The lowest BCUT2D eigenvalue weighted by molar-refractivity contribution is 0.205. The summed E-state index contributed by atoms with van der Waals surface area (Å²) in [7, 11) is 1.64. The molecule has 0 amide bonds. The molecule has 1 heterocycles. The van der Waals surface area contributed by atoms with Crippen molar-refractivity contribution < 1.29 is 9.13 Å². The van der Waals surface area contributed by atoms with Crippen molar-refractivity contribution in [1.82, 2.24) is 10.3 Å². The van der Waals surface area contributed by atoms with E-state index in [1.165, 1.54) is 0 Å². The van der Waals surface area contributed by atoms with Gasteiger partial charge in [-0.05, 0) is 13.0 Å². The van der Waals surface area contributed by atoms with Gasteiger partial charge in [-0.2, -0.15) is 0 Å². The molecule has 0 saturated heterocycles. The van der Waals surface area contributed by atoms with E-state index in [1.54, 1.807) is 19.4 Å². The number of hydrogen-bond donors (Lipinski definition) is 1. The minimum absolute atomic E-state index is 0.242. The third kappa shape index (κ3) is 4.76. The van der Waals surface area contributed by atoms with Gasteiger partial charge in [0.05, 0.1) is 6.61 Å². The van der Waals surface area contributed by atoms with E-state index in [-0.39, 0.29) is 5.82 Å². The Labute approximate surface area is 115 Å². The molecule has 0 saturated carbocycles. The average molecular weight is 269 g/mol. The third-order valence-electron chi connectivity index (χ3n) is 2.90. The van der Waals surface area contributed by atoms with Crippen LogP contribution in [-0.2, 0) is 11.3 Å². The van der Waals surface area contributed by atoms with Crippen molar-refractivity contribution in [3.8, 4) is 0 Å². The summed E-state index contributed by atoms with van der Waals surface area (Å²) in [4.78, 5) is 6.04. The summed E-state index contributed by atoms with van der Waals surface area (Å²) in [6.07, 6.45) is 1.66. The number of halogens is 1. The number of pyridine rings is 1. The zero-order valence-corrected chi connectivity index (χ0v) is 12.2. The van der Waals surface area contributed by atoms with E-state index in [0.717, 1.165) is 0 Å². The van der Waals surface area contributed by atoms with Crippen LogP contribution in [-0.4, -0.2) is 37.8 Å². The fourth-order valence-corrected chi connectivity index (χ4v) is 1.76. The van der Waals surface area contributed by atoms with Crippen molar-refractivity contribution in [2.75, 3.05) is 31.7 Å². The van der Waals surface area contributed by atoms with Crippen LogP contribution in [0.4, 0.5) is 10.2 Å². The molecule has 1 aromatic rings. The fraction of sp³-hybridized carbons (Fsp3) is 0.643. The molecule has 4 nitrogen and oxygen atoms in total. The van der Waals surface area contributed by atoms with Crippen molar-refractivity contribution in [3.05, 3.63) is 23.6 Å². The predicted molar refractivity (Wildman–Crippen MR) is 75.9 cm³/mol. The lowest BCUT2D eigenvalue weighted by Gasteiger charge is -2.23. The first kappa shape index (κ1) is 15.9. The van der Waals surface area contributed by atoms with Crippen LogP contribution in [0.3, 0.4) is 0 Å². The number of likely N-dealkylation sites (N-methyl/N-ethyl adjacent to an activating group) is 1. The number of anilines is 1. The van der Waals surface area contributed by atoms with E-state index in [0.29, 0.717) is 43.7 Å². The maximum absolute atomic E-state index is 14.4. The van der Waals surface area contributed by atoms with Crippen molar-refractivity contribution in [2.24, 2.45) is 0 Å². The van der Waals surface area contributed by atoms with Crippen LogP contribution < -0.4 is 10.2 Å². The lowest BCUT2D eigenvalue weighted by Crippen LogP contribution is -2.29. The predicted octanol–water partition coefficient (Wildman–Crippen LogP) is 2.19. The SMILES string of the molecule is CCN(CCOC)c1nccc(CNC(C)C)c1F. The van der Waals surface area contributed by atoms with E-state index in [1.807, 2.05) is 25.7 Å². The van der Waals surface area contributed by atoms with Crippen LogP contribution >= 0.6 is 0 Å². The highest BCUT2D eigenvalue weighted by atomic mass is 19.1. The van der Waals surface area contributed by atoms with Gasteiger partial charge in [0, 0.05) is 44.5 Å². The van der Waals surface area contributed by atoms with Crippen molar-refractivity contribution in [3.63, 3.8) is 0 Å². The minimum atomic E-state index is -0.242. The topological polar surface area (TPSA) is 37.4 Å². The van der Waals surface area contributed by atoms with E-state index in [4.69, 9.17) is 4.74 Å². The first-order valence-electron chi connectivity index (χ1n) is 6.70. The minimum Gasteiger partial charge on any atom is -0.383 e. The van der Waals surface area contributed by atoms with Gasteiger partial charge < -0.3 is 15.0 Å². The Morgan fingerprint density at radius 3 is 2.79 bits per heavy atom. The smallest absolute Gasteiger partial charge is 0.170 e. The molecule has 0 atom stereocenters. The molecule has 0 radical (unpaired) electrons. The Morgan fingerprint density at radius 1 is 1.47 bits per heavy atom. The molecule has 1 rings (SSSR count). The van der Waals surface area contributed by atoms with Gasteiger partial charge in [-0.3, -0.25) is 0 Å². The average Bonchev–Trinajstić information content (AvgIpc) is 2.39. The normalized spacial score (nSPS) is 11.1. The highest BCUT2D eigenvalue weighted by Gasteiger charge is 2.14. The summed E-state index contributed by atoms with van der Waals surface area (Å²) >= 11 is 0. The van der Waals surface area contributed by atoms with Crippen molar-refractivity contribution >= 4 is 5.82 Å². The molecular formula is C14H24FN3O. The molecule has 0 aliphatic heterocycles. The maximum Gasteiger partial charge on any atom is 0.170 e. The highest BCUT2D eigenvalue weighted by Crippen LogP contribution is 2.19. The molecule has 0 unspecified atom stereocenters. The quantitative estimate of drug-likeness (QED) is 0.785. The zero-order valence-electron chi connectivity index (χ0n) is 12.2. The Bertz CT molecular complexity index is 385. The molecule has 19 heavy (non-hydrogen) atoms. The van der Waals surface area contributed by atoms with E-state index < -0.39 is 0 Å². The van der Waals surface area contributed by atoms with Crippen LogP contribution in [0.2, 0.25) is 0 Å². The lowest BCUT2D eigenvalue weighted by atomic mass is 10.2. The van der Waals surface area contributed by atoms with Gasteiger partial charge in [-0.1, -0.05) is 13.8 Å². The van der Waals surface area contributed by atoms with Gasteiger partial charge in [-0.25, -0.2) is 9.37 Å². The largest absolute Gasteiger partial charge is 0.383 e. The first-order valence-corrected chi connectivity index (χ1v) is 6.70. The summed E-state index contributed by atoms with van der Waals surface area (Å²) in [5.74, 6) is 0.163. The van der Waals surface area contributed by atoms with Crippen LogP contribution in [0.1, 0.15) is 26.3 Å². The summed E-state index contributed by atoms with van der Waals surface area (Å²) in [5.41, 5.74) is 0.648. The molecule has 0 aliphatic rings. The molecule has 0 bridgehead atoms. The number of nitrogens with zero attached hydrogens (tertiary/aromatic N) is 2. The molecular weight excluding hydrogens is 245 g/mol. The van der Waals surface area contributed by atoms with Crippen LogP contribution in [0.15, 0.2) is 12.3 Å². The molecule has 1 aromatic heterocycles. The second kappa shape index (κ2) is 8.07. The third-order valence-corrected chi connectivity index (χ3v) is 2.90. The fourth-order valence-electron chi connectivity index (χ4n) is 1.76. The highest BCUT2D eigenvalue weighted by molar-refractivity contribution is 5.43. The second-order valence-corrected chi connectivity index (χ2v) is 4.72. The molecule has 0 fully saturated rings. The Balaban J connectivity index is 2.85. The van der Waals surface area contributed by atoms with Gasteiger partial charge in [0.2, 0.25) is 0 Å². The molecule has 5 heteroatoms. The molecule has 0 spiro atoms. The summed E-state index contributed by atoms with van der Waals surface area (Å²) in [5, 5.41) is 3.22. The first-order chi connectivity index (χ1) is 9.10. The number of rotatable bonds is 8. The Hall–Kier alpha value is -1.20. The molecule has 108 valence electrons. The van der Waals surface area contributed by atoms with Crippen molar-refractivity contribution in [2.45, 2.75) is 33.4 Å². The van der Waals surface area contributed by atoms with Gasteiger partial charge in [0.25, 0.3) is 0 Å². The van der Waals surface area contributed by atoms with E-state index in [2.05, 4.69) is 10.3 Å². The van der Waals surface area contributed by atoms with Gasteiger partial charge in [-0.15, -0.1) is 0 Å². The van der Waals surface area contributed by atoms with Gasteiger partial charge >= 0.3 is 0 Å². The Kier molecular flexibility index (Phi) is 6.73. The number of methoxy groups -OCH3 is 1. The number of aromatic nitrogens is 1. The maximum atomic E-state index is 14.4. The zero-order chi connectivity index (χ0) is 14.3. The molecule has 0 aliphatic carbocycles. The van der Waals surface area contributed by atoms with Gasteiger partial charge in [0.1, 0.15) is 0 Å². The monoisotopic (exact) mass is 269 g/mol. The number of ether oxygens (including phenoxy) is 1. The number of hydrogen-bond acceptors (Lipinski definition) is 4. The van der Waals surface area contributed by atoms with Crippen LogP contribution in [0, 0.1) is 5.82 Å². The van der Waals surface area contributed by atoms with E-state index in [9.17, 15) is 4.39 Å². The standard InChI is InChI=1S/C14H24FN3O/c1-5-18(8-9-19-4)14-13(15)12(6-7-16-14)10-17-11(2)3/h6-7,11,17H,5,8-10H2,1-4H3. The van der Waals surface area contributed by atoms with Gasteiger partial charge in [0.15, 0.2) is 11.6 Å². The summed E-state index contributed by atoms with van der Waals surface area (Å²) in [6, 6.07) is 2.05. The summed E-state index contributed by atoms with van der Waals surface area (Å²) < 4.78 is 19.4. The molecule has 1 N–H and O–H groups in total. The van der Waals surface area contributed by atoms with Crippen LogP contribution in [0.25, 0.3) is 0 Å². The number of nitrogens with one attached hydrogen (secondary N) is 1. The van der Waals surface area contributed by atoms with E-state index >= 15 is 0 Å². The Morgan fingerprint density at radius 2 is 2.21 bits per heavy atom. The second-order valence-electron chi connectivity index (χ2n) is 4.72. The molecule has 0 aromatic carbocycles.